The summed E-state index contributed by atoms with van der Waals surface area (Å²) >= 11 is 5.79. The van der Waals surface area contributed by atoms with Crippen molar-refractivity contribution in [3.05, 3.63) is 71.0 Å². The fraction of sp³-hybridized carbons (Fsp3) is 0.0667. The van der Waals surface area contributed by atoms with Crippen LogP contribution in [-0.4, -0.2) is 5.88 Å². The molecule has 19 heavy (non-hydrogen) atoms. The summed E-state index contributed by atoms with van der Waals surface area (Å²) < 4.78 is 39.6. The zero-order valence-corrected chi connectivity index (χ0v) is 10.6. The molecule has 0 aliphatic carbocycles. The molecule has 0 spiro atoms. The van der Waals surface area contributed by atoms with Crippen molar-refractivity contribution in [1.29, 1.82) is 0 Å². The number of alkyl halides is 1. The van der Waals surface area contributed by atoms with Crippen LogP contribution in [0.25, 0.3) is 11.6 Å². The molecule has 0 saturated heterocycles. The van der Waals surface area contributed by atoms with Crippen molar-refractivity contribution in [3.63, 3.8) is 0 Å². The Kier molecular flexibility index (Phi) is 4.27. The Hall–Kier alpha value is -1.74. The zero-order valence-electron chi connectivity index (χ0n) is 9.84. The van der Waals surface area contributed by atoms with E-state index >= 15 is 0 Å². The third-order valence-electron chi connectivity index (χ3n) is 2.67. The third kappa shape index (κ3) is 3.18. The lowest BCUT2D eigenvalue weighted by atomic mass is 10.0. The number of allylic oxidation sites excluding steroid dienone is 1. The number of hydrogen-bond acceptors (Lipinski definition) is 0. The predicted molar refractivity (Wildman–Crippen MR) is 71.3 cm³/mol. The molecule has 0 saturated carbocycles. The normalized spacial score (nSPS) is 11.7. The van der Waals surface area contributed by atoms with E-state index in [1.54, 1.807) is 18.2 Å². The summed E-state index contributed by atoms with van der Waals surface area (Å²) in [5.41, 5.74) is 1.30. The fourth-order valence-electron chi connectivity index (χ4n) is 1.67. The van der Waals surface area contributed by atoms with Gasteiger partial charge in [-0.25, -0.2) is 13.2 Å². The van der Waals surface area contributed by atoms with E-state index in [0.29, 0.717) is 16.7 Å². The molecule has 0 nitrogen and oxygen atoms in total. The van der Waals surface area contributed by atoms with Crippen molar-refractivity contribution < 1.29 is 13.2 Å². The van der Waals surface area contributed by atoms with Crippen LogP contribution in [0.3, 0.4) is 0 Å². The highest BCUT2D eigenvalue weighted by Crippen LogP contribution is 2.22. The molecule has 4 heteroatoms. The Morgan fingerprint density at radius 3 is 2.32 bits per heavy atom. The van der Waals surface area contributed by atoms with Crippen molar-refractivity contribution in [2.75, 3.05) is 5.88 Å². The highest BCUT2D eigenvalue weighted by molar-refractivity contribution is 6.24. The van der Waals surface area contributed by atoms with Crippen molar-refractivity contribution in [2.45, 2.75) is 0 Å². The van der Waals surface area contributed by atoms with Crippen LogP contribution in [0.15, 0.2) is 42.5 Å². The Bertz CT molecular complexity index is 621. The van der Waals surface area contributed by atoms with Crippen molar-refractivity contribution in [3.8, 4) is 0 Å². The smallest absolute Gasteiger partial charge is 0.159 e. The van der Waals surface area contributed by atoms with Gasteiger partial charge in [-0.15, -0.1) is 11.6 Å². The standard InChI is InChI=1S/C15H10ClF3/c16-9-12(7-11-3-1-2-4-13(11)17)10-5-6-14(18)15(19)8-10/h1-8H,9H2/b12-7+. The number of benzene rings is 2. The average molecular weight is 283 g/mol. The molecule has 2 aromatic rings. The first-order chi connectivity index (χ1) is 9.11. The van der Waals surface area contributed by atoms with E-state index in [-0.39, 0.29) is 5.88 Å². The van der Waals surface area contributed by atoms with E-state index in [4.69, 9.17) is 11.6 Å². The third-order valence-corrected chi connectivity index (χ3v) is 2.96. The van der Waals surface area contributed by atoms with Crippen LogP contribution in [0, 0.1) is 17.5 Å². The molecule has 0 aliphatic rings. The highest BCUT2D eigenvalue weighted by atomic mass is 35.5. The van der Waals surface area contributed by atoms with E-state index in [0.717, 1.165) is 12.1 Å². The Balaban J connectivity index is 2.45. The molecule has 2 rings (SSSR count). The van der Waals surface area contributed by atoms with Gasteiger partial charge in [0.05, 0.1) is 0 Å². The van der Waals surface area contributed by atoms with Crippen LogP contribution in [0.5, 0.6) is 0 Å². The van der Waals surface area contributed by atoms with Crippen molar-refractivity contribution in [1.82, 2.24) is 0 Å². The van der Waals surface area contributed by atoms with Gasteiger partial charge in [-0.05, 0) is 35.4 Å². The minimum atomic E-state index is -0.956. The van der Waals surface area contributed by atoms with E-state index < -0.39 is 17.5 Å². The minimum absolute atomic E-state index is 0.0689. The van der Waals surface area contributed by atoms with Crippen molar-refractivity contribution in [2.24, 2.45) is 0 Å². The monoisotopic (exact) mass is 282 g/mol. The molecule has 2 aromatic carbocycles. The first kappa shape index (κ1) is 13.7. The molecular weight excluding hydrogens is 273 g/mol. The number of hydrogen-bond donors (Lipinski definition) is 0. The molecule has 98 valence electrons. The van der Waals surface area contributed by atoms with Gasteiger partial charge in [0, 0.05) is 11.4 Å². The minimum Gasteiger partial charge on any atom is -0.206 e. The molecule has 0 amide bonds. The summed E-state index contributed by atoms with van der Waals surface area (Å²) in [5.74, 6) is -2.21. The van der Waals surface area contributed by atoms with Crippen molar-refractivity contribution >= 4 is 23.3 Å². The molecule has 0 radical (unpaired) electrons. The van der Waals surface area contributed by atoms with Gasteiger partial charge in [0.2, 0.25) is 0 Å². The lowest BCUT2D eigenvalue weighted by Crippen LogP contribution is -1.91. The predicted octanol–water partition coefficient (Wildman–Crippen LogP) is 4.88. The maximum atomic E-state index is 13.5. The SMILES string of the molecule is Fc1ccc(/C(=C/c2ccccc2F)CCl)cc1F. The zero-order chi connectivity index (χ0) is 13.8. The molecule has 0 heterocycles. The molecule has 0 aromatic heterocycles. The van der Waals surface area contributed by atoms with Gasteiger partial charge in [0.25, 0.3) is 0 Å². The molecule has 0 aliphatic heterocycles. The molecule has 0 unspecified atom stereocenters. The van der Waals surface area contributed by atoms with E-state index in [9.17, 15) is 13.2 Å². The fourth-order valence-corrected chi connectivity index (χ4v) is 1.91. The number of halogens is 4. The van der Waals surface area contributed by atoms with Gasteiger partial charge in [0.1, 0.15) is 5.82 Å². The van der Waals surface area contributed by atoms with Crippen LogP contribution < -0.4 is 0 Å². The maximum absolute atomic E-state index is 13.5. The van der Waals surface area contributed by atoms with Crippen LogP contribution in [0.1, 0.15) is 11.1 Å². The second-order valence-electron chi connectivity index (χ2n) is 3.95. The lowest BCUT2D eigenvalue weighted by Gasteiger charge is -2.06. The second kappa shape index (κ2) is 5.93. The maximum Gasteiger partial charge on any atom is 0.159 e. The van der Waals surface area contributed by atoms with E-state index in [1.807, 2.05) is 0 Å². The molecular formula is C15H10ClF3. The van der Waals surface area contributed by atoms with Crippen LogP contribution in [0.2, 0.25) is 0 Å². The Morgan fingerprint density at radius 2 is 1.68 bits per heavy atom. The summed E-state index contributed by atoms with van der Waals surface area (Å²) in [6, 6.07) is 9.64. The van der Waals surface area contributed by atoms with Crippen LogP contribution >= 0.6 is 11.6 Å². The van der Waals surface area contributed by atoms with E-state index in [1.165, 1.54) is 18.2 Å². The topological polar surface area (TPSA) is 0 Å². The summed E-state index contributed by atoms with van der Waals surface area (Å²) in [4.78, 5) is 0. The van der Waals surface area contributed by atoms with Gasteiger partial charge in [-0.1, -0.05) is 24.3 Å². The first-order valence-corrected chi connectivity index (χ1v) is 6.12. The summed E-state index contributed by atoms with van der Waals surface area (Å²) in [6.07, 6.45) is 1.52. The van der Waals surface area contributed by atoms with E-state index in [2.05, 4.69) is 0 Å². The lowest BCUT2D eigenvalue weighted by molar-refractivity contribution is 0.508. The van der Waals surface area contributed by atoms with Gasteiger partial charge < -0.3 is 0 Å². The summed E-state index contributed by atoms with van der Waals surface area (Å²) in [5, 5.41) is 0. The first-order valence-electron chi connectivity index (χ1n) is 5.58. The largest absolute Gasteiger partial charge is 0.206 e. The highest BCUT2D eigenvalue weighted by Gasteiger charge is 2.07. The molecule has 0 bridgehead atoms. The molecule has 0 atom stereocenters. The van der Waals surface area contributed by atoms with Crippen LogP contribution in [0.4, 0.5) is 13.2 Å². The number of rotatable bonds is 3. The van der Waals surface area contributed by atoms with Gasteiger partial charge in [-0.2, -0.15) is 0 Å². The second-order valence-corrected chi connectivity index (χ2v) is 4.22. The average Bonchev–Trinajstić information content (AvgIpc) is 2.41. The Labute approximate surface area is 114 Å². The summed E-state index contributed by atoms with van der Waals surface area (Å²) in [6.45, 7) is 0. The molecule has 0 N–H and O–H groups in total. The Morgan fingerprint density at radius 1 is 0.947 bits per heavy atom. The van der Waals surface area contributed by atoms with Gasteiger partial charge in [0.15, 0.2) is 11.6 Å². The summed E-state index contributed by atoms with van der Waals surface area (Å²) in [7, 11) is 0. The van der Waals surface area contributed by atoms with Gasteiger partial charge in [-0.3, -0.25) is 0 Å². The van der Waals surface area contributed by atoms with Gasteiger partial charge >= 0.3 is 0 Å². The molecule has 0 fully saturated rings. The quantitative estimate of drug-likeness (QED) is 0.556. The van der Waals surface area contributed by atoms with Crippen LogP contribution in [-0.2, 0) is 0 Å².